The number of ether oxygens (including phenoxy) is 1. The molecule has 0 aliphatic rings. The van der Waals surface area contributed by atoms with E-state index in [0.29, 0.717) is 0 Å². The third kappa shape index (κ3) is 4.30. The van der Waals surface area contributed by atoms with Crippen LogP contribution in [-0.4, -0.2) is 22.1 Å². The van der Waals surface area contributed by atoms with Gasteiger partial charge in [-0.25, -0.2) is 4.79 Å². The van der Waals surface area contributed by atoms with Crippen molar-refractivity contribution in [1.82, 2.24) is 4.90 Å². The van der Waals surface area contributed by atoms with Crippen LogP contribution in [0.1, 0.15) is 41.5 Å². The number of hydrogen-bond acceptors (Lipinski definition) is 2. The molecule has 0 atom stereocenters. The molecule has 1 amide bonds. The number of nitrogens with zero attached hydrogens (tertiary/aromatic N) is 1. The van der Waals surface area contributed by atoms with Crippen molar-refractivity contribution in [3.05, 3.63) is 12.8 Å². The summed E-state index contributed by atoms with van der Waals surface area (Å²) in [5.74, 6) is 0. The monoisotopic (exact) mass is 199 g/mol. The second-order valence-corrected chi connectivity index (χ2v) is 5.20. The molecule has 0 heterocycles. The summed E-state index contributed by atoms with van der Waals surface area (Å²) < 4.78 is 5.23. The van der Waals surface area contributed by atoms with Gasteiger partial charge in [-0.1, -0.05) is 6.58 Å². The van der Waals surface area contributed by atoms with Gasteiger partial charge in [0, 0.05) is 11.7 Å². The molecule has 0 rings (SSSR count). The first-order chi connectivity index (χ1) is 6.08. The lowest BCUT2D eigenvalue weighted by Crippen LogP contribution is -2.44. The van der Waals surface area contributed by atoms with Crippen LogP contribution in [0.5, 0.6) is 0 Å². The van der Waals surface area contributed by atoms with Crippen molar-refractivity contribution in [3.8, 4) is 0 Å². The van der Waals surface area contributed by atoms with E-state index in [0.717, 1.165) is 0 Å². The van der Waals surface area contributed by atoms with Crippen LogP contribution in [0.2, 0.25) is 0 Å². The van der Waals surface area contributed by atoms with Crippen LogP contribution in [-0.2, 0) is 4.74 Å². The number of rotatable bonds is 1. The maximum absolute atomic E-state index is 11.7. The van der Waals surface area contributed by atoms with E-state index in [1.54, 1.807) is 0 Å². The van der Waals surface area contributed by atoms with E-state index >= 15 is 0 Å². The van der Waals surface area contributed by atoms with Gasteiger partial charge >= 0.3 is 6.09 Å². The first-order valence-corrected chi connectivity index (χ1v) is 4.73. The van der Waals surface area contributed by atoms with Crippen molar-refractivity contribution in [2.45, 2.75) is 52.7 Å². The molecule has 14 heavy (non-hydrogen) atoms. The first kappa shape index (κ1) is 13.0. The highest BCUT2D eigenvalue weighted by Gasteiger charge is 2.28. The average molecular weight is 199 g/mol. The highest BCUT2D eigenvalue weighted by Crippen LogP contribution is 2.18. The lowest BCUT2D eigenvalue weighted by molar-refractivity contribution is 0.0197. The van der Waals surface area contributed by atoms with E-state index in [-0.39, 0.29) is 11.6 Å². The van der Waals surface area contributed by atoms with Crippen molar-refractivity contribution in [2.24, 2.45) is 0 Å². The Morgan fingerprint density at radius 3 is 1.86 bits per heavy atom. The Morgan fingerprint density at radius 2 is 1.64 bits per heavy atom. The Kier molecular flexibility index (Phi) is 3.74. The fourth-order valence-electron chi connectivity index (χ4n) is 0.933. The average Bonchev–Trinajstić information content (AvgIpc) is 1.79. The van der Waals surface area contributed by atoms with Gasteiger partial charge in [0.15, 0.2) is 0 Å². The summed E-state index contributed by atoms with van der Waals surface area (Å²) in [6.45, 7) is 14.9. The van der Waals surface area contributed by atoms with Gasteiger partial charge < -0.3 is 4.74 Å². The second kappa shape index (κ2) is 4.03. The summed E-state index contributed by atoms with van der Waals surface area (Å²) in [7, 11) is 0. The first-order valence-electron chi connectivity index (χ1n) is 4.73. The zero-order valence-corrected chi connectivity index (χ0v) is 10.0. The standard InChI is InChI=1S/C11H21NO2/c1-8-12(10(2,3)4)9(13)14-11(5,6)7/h8H,1H2,2-7H3. The number of amides is 1. The van der Waals surface area contributed by atoms with Crippen LogP contribution in [0.15, 0.2) is 12.8 Å². The van der Waals surface area contributed by atoms with Crippen molar-refractivity contribution in [1.29, 1.82) is 0 Å². The number of hydrogen-bond donors (Lipinski definition) is 0. The SMILES string of the molecule is C=CN(C(=O)OC(C)(C)C)C(C)(C)C. The molecule has 0 aromatic rings. The van der Waals surface area contributed by atoms with Gasteiger partial charge in [0.05, 0.1) is 0 Å². The normalized spacial score (nSPS) is 12.1. The summed E-state index contributed by atoms with van der Waals surface area (Å²) in [4.78, 5) is 13.2. The van der Waals surface area contributed by atoms with Crippen molar-refractivity contribution in [3.63, 3.8) is 0 Å². The van der Waals surface area contributed by atoms with Crippen LogP contribution in [0, 0.1) is 0 Å². The van der Waals surface area contributed by atoms with Gasteiger partial charge in [0.25, 0.3) is 0 Å². The van der Waals surface area contributed by atoms with E-state index in [4.69, 9.17) is 4.74 Å². The zero-order valence-electron chi connectivity index (χ0n) is 10.0. The zero-order chi connectivity index (χ0) is 11.6. The summed E-state index contributed by atoms with van der Waals surface area (Å²) >= 11 is 0. The maximum Gasteiger partial charge on any atom is 0.414 e. The number of carbonyl (C=O) groups is 1. The topological polar surface area (TPSA) is 29.5 Å². The molecule has 0 unspecified atom stereocenters. The van der Waals surface area contributed by atoms with Gasteiger partial charge in [0.2, 0.25) is 0 Å². The molecule has 0 aliphatic carbocycles. The van der Waals surface area contributed by atoms with Crippen LogP contribution in [0.25, 0.3) is 0 Å². The van der Waals surface area contributed by atoms with Crippen molar-refractivity contribution >= 4 is 6.09 Å². The molecule has 0 bridgehead atoms. The van der Waals surface area contributed by atoms with E-state index in [9.17, 15) is 4.79 Å². The molecular formula is C11H21NO2. The van der Waals surface area contributed by atoms with Crippen LogP contribution < -0.4 is 0 Å². The molecule has 0 saturated heterocycles. The van der Waals surface area contributed by atoms with Gasteiger partial charge in [-0.2, -0.15) is 0 Å². The molecule has 0 N–H and O–H groups in total. The highest BCUT2D eigenvalue weighted by molar-refractivity contribution is 5.70. The number of carbonyl (C=O) groups excluding carboxylic acids is 1. The predicted molar refractivity (Wildman–Crippen MR) is 58.0 cm³/mol. The van der Waals surface area contributed by atoms with Crippen molar-refractivity contribution in [2.75, 3.05) is 0 Å². The van der Waals surface area contributed by atoms with Crippen LogP contribution in [0.4, 0.5) is 4.79 Å². The van der Waals surface area contributed by atoms with Crippen molar-refractivity contribution < 1.29 is 9.53 Å². The minimum absolute atomic E-state index is 0.302. The molecule has 0 aromatic carbocycles. The van der Waals surface area contributed by atoms with Crippen LogP contribution >= 0.6 is 0 Å². The molecule has 0 saturated carbocycles. The predicted octanol–water partition coefficient (Wildman–Crippen LogP) is 3.17. The third-order valence-electron chi connectivity index (χ3n) is 1.50. The Hall–Kier alpha value is -0.990. The molecular weight excluding hydrogens is 178 g/mol. The lowest BCUT2D eigenvalue weighted by Gasteiger charge is -2.34. The molecule has 0 spiro atoms. The van der Waals surface area contributed by atoms with Gasteiger partial charge in [0.1, 0.15) is 5.60 Å². The molecule has 3 nitrogen and oxygen atoms in total. The van der Waals surface area contributed by atoms with Crippen LogP contribution in [0.3, 0.4) is 0 Å². The third-order valence-corrected chi connectivity index (χ3v) is 1.50. The van der Waals surface area contributed by atoms with E-state index in [2.05, 4.69) is 6.58 Å². The Bertz CT molecular complexity index is 220. The highest BCUT2D eigenvalue weighted by atomic mass is 16.6. The summed E-state index contributed by atoms with van der Waals surface area (Å²) in [5, 5.41) is 0. The minimum atomic E-state index is -0.469. The minimum Gasteiger partial charge on any atom is -0.443 e. The lowest BCUT2D eigenvalue weighted by atomic mass is 10.1. The molecule has 0 aromatic heterocycles. The fourth-order valence-corrected chi connectivity index (χ4v) is 0.933. The molecule has 82 valence electrons. The molecule has 0 fully saturated rings. The quantitative estimate of drug-likeness (QED) is 0.649. The molecule has 0 aliphatic heterocycles. The Balaban J connectivity index is 4.58. The Labute approximate surface area is 86.7 Å². The summed E-state index contributed by atoms with van der Waals surface area (Å²) in [6.07, 6.45) is 1.13. The van der Waals surface area contributed by atoms with E-state index < -0.39 is 5.60 Å². The molecule has 0 radical (unpaired) electrons. The smallest absolute Gasteiger partial charge is 0.414 e. The van der Waals surface area contributed by atoms with E-state index in [1.165, 1.54) is 11.1 Å². The Morgan fingerprint density at radius 1 is 1.21 bits per heavy atom. The molecule has 3 heteroatoms. The second-order valence-electron chi connectivity index (χ2n) is 5.20. The fraction of sp³-hybridized carbons (Fsp3) is 0.727. The summed E-state index contributed by atoms with van der Waals surface area (Å²) in [6, 6.07) is 0. The summed E-state index contributed by atoms with van der Waals surface area (Å²) in [5.41, 5.74) is -0.770. The largest absolute Gasteiger partial charge is 0.443 e. The van der Waals surface area contributed by atoms with E-state index in [1.807, 2.05) is 41.5 Å². The van der Waals surface area contributed by atoms with Gasteiger partial charge in [-0.05, 0) is 41.5 Å². The van der Waals surface area contributed by atoms with Gasteiger partial charge in [-0.15, -0.1) is 0 Å². The maximum atomic E-state index is 11.7. The van der Waals surface area contributed by atoms with Gasteiger partial charge in [-0.3, -0.25) is 4.90 Å².